The van der Waals surface area contributed by atoms with Crippen LogP contribution in [0.15, 0.2) is 41.5 Å². The van der Waals surface area contributed by atoms with Crippen molar-refractivity contribution in [2.45, 2.75) is 0 Å². The highest BCUT2D eigenvalue weighted by Gasteiger charge is 1.96. The minimum atomic E-state index is 1.09. The first-order valence-electron chi connectivity index (χ1n) is 4.12. The van der Waals surface area contributed by atoms with Crippen molar-refractivity contribution in [1.29, 1.82) is 0 Å². The number of hydrogen-bond acceptors (Lipinski definition) is 3. The minimum Gasteiger partial charge on any atom is -0.211 e. The maximum atomic E-state index is 9.83. The second-order valence-corrected chi connectivity index (χ2v) is 3.84. The minimum absolute atomic E-state index is 1.09. The zero-order valence-corrected chi connectivity index (χ0v) is 8.12. The molecule has 0 aliphatic heterocycles. The molecule has 0 unspecified atom stereocenters. The van der Waals surface area contributed by atoms with Crippen LogP contribution >= 0.6 is 11.3 Å². The molecule has 0 bridgehead atoms. The first-order chi connectivity index (χ1) is 6.90. The van der Waals surface area contributed by atoms with Crippen molar-refractivity contribution in [3.63, 3.8) is 0 Å². The number of aliphatic imine (C=N–C) groups is 1. The Morgan fingerprint density at radius 3 is 3.00 bits per heavy atom. The molecule has 1 heterocycles. The molecule has 3 heteroatoms. The summed E-state index contributed by atoms with van der Waals surface area (Å²) in [5.41, 5.74) is 0. The normalized spacial score (nSPS) is 10.6. The lowest BCUT2D eigenvalue weighted by atomic mass is 10.2. The number of nitrogens with zero attached hydrogens (tertiary/aromatic N) is 1. The molecule has 2 nitrogen and oxygen atoms in total. The fourth-order valence-electron chi connectivity index (χ4n) is 1.23. The third-order valence-corrected chi connectivity index (χ3v) is 2.89. The summed E-state index contributed by atoms with van der Waals surface area (Å²) in [6.07, 6.45) is 4.72. The zero-order valence-electron chi connectivity index (χ0n) is 7.31. The topological polar surface area (TPSA) is 29.4 Å². The lowest BCUT2D eigenvalue weighted by molar-refractivity contribution is 0.565. The van der Waals surface area contributed by atoms with Crippen LogP contribution in [0.5, 0.6) is 0 Å². The number of fused-ring (bicyclic) bond motifs is 1. The predicted octanol–water partition coefficient (Wildman–Crippen LogP) is 3.21. The van der Waals surface area contributed by atoms with Gasteiger partial charge in [0, 0.05) is 15.8 Å². The molecule has 0 saturated heterocycles. The highest BCUT2D eigenvalue weighted by molar-refractivity contribution is 7.19. The van der Waals surface area contributed by atoms with Crippen LogP contribution < -0.4 is 0 Å². The Morgan fingerprint density at radius 2 is 2.21 bits per heavy atom. The zero-order chi connectivity index (χ0) is 9.80. The van der Waals surface area contributed by atoms with E-state index in [9.17, 15) is 4.79 Å². The Bertz CT molecular complexity index is 488. The van der Waals surface area contributed by atoms with Gasteiger partial charge in [-0.25, -0.2) is 4.79 Å². The summed E-state index contributed by atoms with van der Waals surface area (Å²) in [5.74, 6) is 0. The second kappa shape index (κ2) is 4.01. The van der Waals surface area contributed by atoms with Crippen molar-refractivity contribution < 1.29 is 4.79 Å². The number of isocyanates is 1. The molecule has 0 saturated carbocycles. The Labute approximate surface area is 85.2 Å². The van der Waals surface area contributed by atoms with Gasteiger partial charge in [-0.05, 0) is 23.6 Å². The maximum absolute atomic E-state index is 9.83. The van der Waals surface area contributed by atoms with E-state index in [4.69, 9.17) is 0 Å². The highest BCUT2D eigenvalue weighted by Crippen LogP contribution is 2.25. The van der Waals surface area contributed by atoms with Crippen LogP contribution in [-0.4, -0.2) is 6.08 Å². The second-order valence-electron chi connectivity index (χ2n) is 2.72. The van der Waals surface area contributed by atoms with E-state index in [1.54, 1.807) is 17.4 Å². The van der Waals surface area contributed by atoms with Gasteiger partial charge in [0.15, 0.2) is 0 Å². The third kappa shape index (κ3) is 1.79. The summed E-state index contributed by atoms with van der Waals surface area (Å²) in [5, 5.41) is 1.22. The lowest BCUT2D eigenvalue weighted by Crippen LogP contribution is -1.57. The van der Waals surface area contributed by atoms with Crippen molar-refractivity contribution in [1.82, 2.24) is 0 Å². The standard InChI is InChI=1S/C11H7NOS/c13-8-12-6-5-10-7-9-3-1-2-4-11(9)14-10/h1-7H. The van der Waals surface area contributed by atoms with E-state index < -0.39 is 0 Å². The van der Waals surface area contributed by atoms with Crippen LogP contribution in [0.2, 0.25) is 0 Å². The monoisotopic (exact) mass is 201 g/mol. The van der Waals surface area contributed by atoms with Gasteiger partial charge in [0.1, 0.15) is 0 Å². The maximum Gasteiger partial charge on any atom is 0.239 e. The van der Waals surface area contributed by atoms with Gasteiger partial charge in [0.25, 0.3) is 0 Å². The summed E-state index contributed by atoms with van der Waals surface area (Å²) in [6, 6.07) is 10.2. The molecule has 0 atom stereocenters. The molecule has 2 aromatic rings. The van der Waals surface area contributed by atoms with Crippen LogP contribution in [0.3, 0.4) is 0 Å². The summed E-state index contributed by atoms with van der Waals surface area (Å²) >= 11 is 1.67. The number of rotatable bonds is 2. The van der Waals surface area contributed by atoms with E-state index in [1.807, 2.05) is 12.1 Å². The first-order valence-corrected chi connectivity index (χ1v) is 4.94. The largest absolute Gasteiger partial charge is 0.239 e. The molecule has 0 aliphatic rings. The van der Waals surface area contributed by atoms with Gasteiger partial charge in [0.2, 0.25) is 6.08 Å². The number of thiophene rings is 1. The van der Waals surface area contributed by atoms with E-state index in [0.717, 1.165) is 4.88 Å². The molecule has 68 valence electrons. The molecule has 0 spiro atoms. The Morgan fingerprint density at radius 1 is 1.36 bits per heavy atom. The predicted molar refractivity (Wildman–Crippen MR) is 59.0 cm³/mol. The van der Waals surface area contributed by atoms with Crippen LogP contribution in [0, 0.1) is 0 Å². The van der Waals surface area contributed by atoms with Crippen molar-refractivity contribution in [2.24, 2.45) is 4.99 Å². The van der Waals surface area contributed by atoms with Gasteiger partial charge in [-0.2, -0.15) is 4.99 Å². The smallest absolute Gasteiger partial charge is 0.211 e. The van der Waals surface area contributed by atoms with Gasteiger partial charge < -0.3 is 0 Å². The molecular formula is C11H7NOS. The Hall–Kier alpha value is -1.70. The van der Waals surface area contributed by atoms with Crippen molar-refractivity contribution in [2.75, 3.05) is 0 Å². The van der Waals surface area contributed by atoms with Crippen molar-refractivity contribution in [3.8, 4) is 0 Å². The van der Waals surface area contributed by atoms with E-state index in [-0.39, 0.29) is 0 Å². The lowest BCUT2D eigenvalue weighted by Gasteiger charge is -1.82. The average Bonchev–Trinajstić information content (AvgIpc) is 2.60. The third-order valence-electron chi connectivity index (χ3n) is 1.81. The van der Waals surface area contributed by atoms with Gasteiger partial charge in [-0.15, -0.1) is 11.3 Å². The molecule has 0 N–H and O–H groups in total. The fraction of sp³-hybridized carbons (Fsp3) is 0. The summed E-state index contributed by atoms with van der Waals surface area (Å²) in [7, 11) is 0. The highest BCUT2D eigenvalue weighted by atomic mass is 32.1. The fourth-order valence-corrected chi connectivity index (χ4v) is 2.19. The molecule has 1 aromatic carbocycles. The molecule has 2 rings (SSSR count). The number of carbonyl (C=O) groups excluding carboxylic acids is 1. The summed E-state index contributed by atoms with van der Waals surface area (Å²) in [4.78, 5) is 14.3. The van der Waals surface area contributed by atoms with Crippen molar-refractivity contribution in [3.05, 3.63) is 41.4 Å². The van der Waals surface area contributed by atoms with Crippen molar-refractivity contribution >= 4 is 33.6 Å². The van der Waals surface area contributed by atoms with Crippen LogP contribution in [0.1, 0.15) is 4.88 Å². The van der Waals surface area contributed by atoms with Crippen LogP contribution in [0.25, 0.3) is 16.2 Å². The van der Waals surface area contributed by atoms with Crippen LogP contribution in [-0.2, 0) is 4.79 Å². The molecule has 0 fully saturated rings. The summed E-state index contributed by atoms with van der Waals surface area (Å²) in [6.45, 7) is 0. The molecule has 14 heavy (non-hydrogen) atoms. The van der Waals surface area contributed by atoms with E-state index in [2.05, 4.69) is 23.2 Å². The van der Waals surface area contributed by atoms with Gasteiger partial charge in [0.05, 0.1) is 0 Å². The number of benzene rings is 1. The average molecular weight is 201 g/mol. The van der Waals surface area contributed by atoms with Crippen LogP contribution in [0.4, 0.5) is 0 Å². The van der Waals surface area contributed by atoms with Gasteiger partial charge in [-0.1, -0.05) is 18.2 Å². The molecule has 0 radical (unpaired) electrons. The summed E-state index contributed by atoms with van der Waals surface area (Å²) < 4.78 is 1.24. The SMILES string of the molecule is O=C=NC=Cc1cc2ccccc2s1. The number of hydrogen-bond donors (Lipinski definition) is 0. The molecule has 0 amide bonds. The Kier molecular flexibility index (Phi) is 2.54. The van der Waals surface area contributed by atoms with E-state index >= 15 is 0 Å². The molecule has 1 aromatic heterocycles. The van der Waals surface area contributed by atoms with E-state index in [0.29, 0.717) is 0 Å². The van der Waals surface area contributed by atoms with Gasteiger partial charge in [-0.3, -0.25) is 0 Å². The first kappa shape index (κ1) is 8.88. The quantitative estimate of drug-likeness (QED) is 0.542. The molecule has 0 aliphatic carbocycles. The Balaban J connectivity index is 2.40. The van der Waals surface area contributed by atoms with Gasteiger partial charge >= 0.3 is 0 Å². The molecular weight excluding hydrogens is 194 g/mol. The van der Waals surface area contributed by atoms with E-state index in [1.165, 1.54) is 22.4 Å².